The number of hydrogen-bond donors (Lipinski definition) is 1. The van der Waals surface area contributed by atoms with Crippen molar-refractivity contribution in [3.8, 4) is 0 Å². The lowest BCUT2D eigenvalue weighted by molar-refractivity contribution is -0.125. The van der Waals surface area contributed by atoms with Crippen molar-refractivity contribution in [1.82, 2.24) is 5.32 Å². The van der Waals surface area contributed by atoms with Gasteiger partial charge in [0.25, 0.3) is 0 Å². The maximum absolute atomic E-state index is 11.9. The summed E-state index contributed by atoms with van der Waals surface area (Å²) < 4.78 is 0. The minimum atomic E-state index is 0.281. The van der Waals surface area contributed by atoms with E-state index in [9.17, 15) is 4.79 Å². The van der Waals surface area contributed by atoms with E-state index in [1.807, 2.05) is 6.92 Å². The van der Waals surface area contributed by atoms with Crippen LogP contribution in [0.3, 0.4) is 0 Å². The van der Waals surface area contributed by atoms with Gasteiger partial charge in [-0.1, -0.05) is 45.4 Å². The van der Waals surface area contributed by atoms with Crippen LogP contribution in [0.25, 0.3) is 0 Å². The van der Waals surface area contributed by atoms with Gasteiger partial charge in [-0.05, 0) is 25.7 Å². The van der Waals surface area contributed by atoms with E-state index in [4.69, 9.17) is 0 Å². The van der Waals surface area contributed by atoms with Gasteiger partial charge in [0.05, 0.1) is 0 Å². The van der Waals surface area contributed by atoms with Gasteiger partial charge in [0, 0.05) is 12.5 Å². The highest BCUT2D eigenvalue weighted by atomic mass is 16.1. The standard InChI is InChI=1S/C14H27NO/c1-3-5-10-13(14(16)15-4-2)11-12-8-6-7-9-12/h12-13H,3-11H2,1-2H3,(H,15,16). The summed E-state index contributed by atoms with van der Waals surface area (Å²) in [5, 5.41) is 2.99. The Balaban J connectivity index is 2.38. The predicted molar refractivity (Wildman–Crippen MR) is 68.3 cm³/mol. The Kier molecular flexibility index (Phi) is 6.51. The topological polar surface area (TPSA) is 29.1 Å². The third kappa shape index (κ3) is 4.54. The molecule has 0 radical (unpaired) electrons. The fraction of sp³-hybridized carbons (Fsp3) is 0.929. The number of hydrogen-bond acceptors (Lipinski definition) is 1. The summed E-state index contributed by atoms with van der Waals surface area (Å²) in [5.41, 5.74) is 0. The maximum atomic E-state index is 11.9. The summed E-state index contributed by atoms with van der Waals surface area (Å²) in [4.78, 5) is 11.9. The van der Waals surface area contributed by atoms with Crippen LogP contribution in [-0.4, -0.2) is 12.5 Å². The number of amides is 1. The normalized spacial score (nSPS) is 18.6. The quantitative estimate of drug-likeness (QED) is 0.706. The SMILES string of the molecule is CCCCC(CC1CCCC1)C(=O)NCC. The zero-order chi connectivity index (χ0) is 11.8. The van der Waals surface area contributed by atoms with Crippen molar-refractivity contribution in [3.05, 3.63) is 0 Å². The highest BCUT2D eigenvalue weighted by molar-refractivity contribution is 5.78. The Morgan fingerprint density at radius 1 is 1.31 bits per heavy atom. The fourth-order valence-electron chi connectivity index (χ4n) is 2.77. The molecule has 0 spiro atoms. The minimum absolute atomic E-state index is 0.281. The average molecular weight is 225 g/mol. The van der Waals surface area contributed by atoms with Gasteiger partial charge in [-0.25, -0.2) is 0 Å². The molecule has 1 fully saturated rings. The van der Waals surface area contributed by atoms with Crippen LogP contribution >= 0.6 is 0 Å². The highest BCUT2D eigenvalue weighted by Crippen LogP contribution is 2.31. The first-order chi connectivity index (χ1) is 7.77. The lowest BCUT2D eigenvalue weighted by Gasteiger charge is -2.19. The summed E-state index contributed by atoms with van der Waals surface area (Å²) in [6.07, 6.45) is 10.0. The van der Waals surface area contributed by atoms with E-state index in [1.165, 1.54) is 38.5 Å². The Hall–Kier alpha value is -0.530. The molecule has 16 heavy (non-hydrogen) atoms. The molecule has 1 N–H and O–H groups in total. The van der Waals surface area contributed by atoms with Crippen LogP contribution in [-0.2, 0) is 4.79 Å². The molecule has 2 nitrogen and oxygen atoms in total. The number of nitrogens with one attached hydrogen (secondary N) is 1. The monoisotopic (exact) mass is 225 g/mol. The highest BCUT2D eigenvalue weighted by Gasteiger charge is 2.24. The summed E-state index contributed by atoms with van der Waals surface area (Å²) >= 11 is 0. The molecule has 1 atom stereocenters. The fourth-order valence-corrected chi connectivity index (χ4v) is 2.77. The zero-order valence-corrected chi connectivity index (χ0v) is 10.9. The number of carbonyl (C=O) groups excluding carboxylic acids is 1. The molecular weight excluding hydrogens is 198 g/mol. The van der Waals surface area contributed by atoms with E-state index in [2.05, 4.69) is 12.2 Å². The van der Waals surface area contributed by atoms with E-state index >= 15 is 0 Å². The minimum Gasteiger partial charge on any atom is -0.356 e. The van der Waals surface area contributed by atoms with E-state index in [-0.39, 0.29) is 5.92 Å². The first-order valence-corrected chi connectivity index (χ1v) is 7.05. The van der Waals surface area contributed by atoms with Gasteiger partial charge in [-0.2, -0.15) is 0 Å². The molecule has 1 unspecified atom stereocenters. The molecule has 1 rings (SSSR count). The summed E-state index contributed by atoms with van der Waals surface area (Å²) in [6, 6.07) is 0. The van der Waals surface area contributed by atoms with Crippen molar-refractivity contribution in [2.24, 2.45) is 11.8 Å². The summed E-state index contributed by atoms with van der Waals surface area (Å²) in [5.74, 6) is 1.40. The van der Waals surface area contributed by atoms with Gasteiger partial charge < -0.3 is 5.32 Å². The molecule has 0 saturated heterocycles. The Morgan fingerprint density at radius 2 is 2.00 bits per heavy atom. The molecule has 0 aromatic rings. The van der Waals surface area contributed by atoms with Crippen molar-refractivity contribution in [1.29, 1.82) is 0 Å². The second-order valence-corrected chi connectivity index (χ2v) is 5.12. The molecule has 94 valence electrons. The maximum Gasteiger partial charge on any atom is 0.223 e. The van der Waals surface area contributed by atoms with Gasteiger partial charge in [-0.15, -0.1) is 0 Å². The third-order valence-corrected chi connectivity index (χ3v) is 3.72. The van der Waals surface area contributed by atoms with Crippen LogP contribution in [0.2, 0.25) is 0 Å². The summed E-state index contributed by atoms with van der Waals surface area (Å²) in [6.45, 7) is 4.97. The van der Waals surface area contributed by atoms with Crippen LogP contribution in [0.4, 0.5) is 0 Å². The van der Waals surface area contributed by atoms with Gasteiger partial charge in [0.15, 0.2) is 0 Å². The molecule has 0 bridgehead atoms. The molecular formula is C14H27NO. The molecule has 2 heteroatoms. The lowest BCUT2D eigenvalue weighted by Crippen LogP contribution is -2.31. The van der Waals surface area contributed by atoms with E-state index < -0.39 is 0 Å². The molecule has 0 aromatic carbocycles. The van der Waals surface area contributed by atoms with Crippen LogP contribution in [0, 0.1) is 11.8 Å². The van der Waals surface area contributed by atoms with Crippen molar-refractivity contribution in [2.45, 2.75) is 65.2 Å². The number of unbranched alkanes of at least 4 members (excludes halogenated alkanes) is 1. The van der Waals surface area contributed by atoms with Crippen LogP contribution < -0.4 is 5.32 Å². The van der Waals surface area contributed by atoms with Gasteiger partial charge in [0.2, 0.25) is 5.91 Å². The van der Waals surface area contributed by atoms with Crippen molar-refractivity contribution in [3.63, 3.8) is 0 Å². The van der Waals surface area contributed by atoms with Crippen LogP contribution in [0.5, 0.6) is 0 Å². The lowest BCUT2D eigenvalue weighted by atomic mass is 9.89. The van der Waals surface area contributed by atoms with Crippen molar-refractivity contribution >= 4 is 5.91 Å². The smallest absolute Gasteiger partial charge is 0.223 e. The average Bonchev–Trinajstić information content (AvgIpc) is 2.77. The molecule has 1 amide bonds. The van der Waals surface area contributed by atoms with Crippen LogP contribution in [0.1, 0.15) is 65.2 Å². The summed E-state index contributed by atoms with van der Waals surface area (Å²) in [7, 11) is 0. The zero-order valence-electron chi connectivity index (χ0n) is 10.9. The largest absolute Gasteiger partial charge is 0.356 e. The van der Waals surface area contributed by atoms with Crippen LogP contribution in [0.15, 0.2) is 0 Å². The number of carbonyl (C=O) groups is 1. The second-order valence-electron chi connectivity index (χ2n) is 5.12. The van der Waals surface area contributed by atoms with Gasteiger partial charge in [0.1, 0.15) is 0 Å². The van der Waals surface area contributed by atoms with E-state index in [1.54, 1.807) is 0 Å². The molecule has 0 heterocycles. The molecule has 1 saturated carbocycles. The van der Waals surface area contributed by atoms with E-state index in [0.717, 1.165) is 25.3 Å². The third-order valence-electron chi connectivity index (χ3n) is 3.72. The first kappa shape index (κ1) is 13.5. The predicted octanol–water partition coefficient (Wildman–Crippen LogP) is 3.51. The van der Waals surface area contributed by atoms with Gasteiger partial charge >= 0.3 is 0 Å². The van der Waals surface area contributed by atoms with Crippen molar-refractivity contribution in [2.75, 3.05) is 6.54 Å². The second kappa shape index (κ2) is 7.70. The molecule has 0 aromatic heterocycles. The molecule has 0 aliphatic heterocycles. The van der Waals surface area contributed by atoms with Gasteiger partial charge in [-0.3, -0.25) is 4.79 Å². The number of rotatable bonds is 7. The Labute approximate surface area is 100 Å². The Morgan fingerprint density at radius 3 is 2.56 bits per heavy atom. The molecule has 1 aliphatic rings. The van der Waals surface area contributed by atoms with E-state index in [0.29, 0.717) is 5.91 Å². The molecule has 1 aliphatic carbocycles. The van der Waals surface area contributed by atoms with Crippen molar-refractivity contribution < 1.29 is 4.79 Å². The first-order valence-electron chi connectivity index (χ1n) is 7.05. The Bertz CT molecular complexity index is 197.